The second kappa shape index (κ2) is 6.38. The fraction of sp³-hybridized carbons (Fsp3) is 1.00. The molecule has 0 amide bonds. The van der Waals surface area contributed by atoms with Gasteiger partial charge in [0, 0.05) is 19.2 Å². The number of nitrogens with one attached hydrogen (secondary N) is 1. The molecule has 1 rings (SSSR count). The van der Waals surface area contributed by atoms with E-state index in [0.29, 0.717) is 18.5 Å². The molecule has 3 nitrogen and oxygen atoms in total. The molecule has 14 heavy (non-hydrogen) atoms. The number of hydrogen-bond donors (Lipinski definition) is 2. The maximum absolute atomic E-state index is 9.75. The molecule has 0 saturated carbocycles. The Morgan fingerprint density at radius 2 is 2.36 bits per heavy atom. The summed E-state index contributed by atoms with van der Waals surface area (Å²) in [6.45, 7) is 6.59. The van der Waals surface area contributed by atoms with Crippen molar-refractivity contribution in [3.63, 3.8) is 0 Å². The molecule has 0 aromatic carbocycles. The third-order valence-electron chi connectivity index (χ3n) is 3.08. The minimum atomic E-state index is -0.220. The highest BCUT2D eigenvalue weighted by Gasteiger charge is 2.16. The standard InChI is InChI=1S/C11H23NO2/c1-3-9(2)11(13)7-12-10-5-4-6-14-8-10/h9-13H,3-8H2,1-2H3. The van der Waals surface area contributed by atoms with Crippen LogP contribution in [0.5, 0.6) is 0 Å². The van der Waals surface area contributed by atoms with Crippen LogP contribution in [0.1, 0.15) is 33.1 Å². The van der Waals surface area contributed by atoms with Gasteiger partial charge in [0.1, 0.15) is 0 Å². The zero-order chi connectivity index (χ0) is 10.4. The molecule has 3 atom stereocenters. The molecule has 0 aliphatic carbocycles. The number of aliphatic hydroxyl groups is 1. The van der Waals surface area contributed by atoms with Gasteiger partial charge in [-0.2, -0.15) is 0 Å². The van der Waals surface area contributed by atoms with Gasteiger partial charge in [0.05, 0.1) is 12.7 Å². The van der Waals surface area contributed by atoms with Crippen LogP contribution in [-0.4, -0.2) is 37.0 Å². The van der Waals surface area contributed by atoms with Crippen molar-refractivity contribution >= 4 is 0 Å². The maximum atomic E-state index is 9.75. The van der Waals surface area contributed by atoms with Crippen LogP contribution in [0.2, 0.25) is 0 Å². The Hall–Kier alpha value is -0.120. The highest BCUT2D eigenvalue weighted by atomic mass is 16.5. The van der Waals surface area contributed by atoms with Crippen molar-refractivity contribution in [3.8, 4) is 0 Å². The second-order valence-corrected chi connectivity index (χ2v) is 4.28. The molecule has 3 unspecified atom stereocenters. The van der Waals surface area contributed by atoms with Crippen LogP contribution < -0.4 is 5.32 Å². The molecule has 1 aliphatic rings. The Balaban J connectivity index is 2.12. The van der Waals surface area contributed by atoms with E-state index in [1.165, 1.54) is 6.42 Å². The SMILES string of the molecule is CCC(C)C(O)CNC1CCCOC1. The Labute approximate surface area is 86.8 Å². The minimum Gasteiger partial charge on any atom is -0.392 e. The van der Waals surface area contributed by atoms with Crippen LogP contribution in [0.15, 0.2) is 0 Å². The van der Waals surface area contributed by atoms with E-state index in [2.05, 4.69) is 19.2 Å². The first-order valence-corrected chi connectivity index (χ1v) is 5.73. The monoisotopic (exact) mass is 201 g/mol. The third-order valence-corrected chi connectivity index (χ3v) is 3.08. The first-order valence-electron chi connectivity index (χ1n) is 5.73. The van der Waals surface area contributed by atoms with Gasteiger partial charge in [0.25, 0.3) is 0 Å². The van der Waals surface area contributed by atoms with E-state index in [0.717, 1.165) is 26.1 Å². The van der Waals surface area contributed by atoms with Crippen LogP contribution in [0.4, 0.5) is 0 Å². The highest BCUT2D eigenvalue weighted by Crippen LogP contribution is 2.09. The molecular weight excluding hydrogens is 178 g/mol. The summed E-state index contributed by atoms with van der Waals surface area (Å²) >= 11 is 0. The summed E-state index contributed by atoms with van der Waals surface area (Å²) in [6, 6.07) is 0.447. The Morgan fingerprint density at radius 3 is 2.93 bits per heavy atom. The highest BCUT2D eigenvalue weighted by molar-refractivity contribution is 4.73. The van der Waals surface area contributed by atoms with E-state index in [1.807, 2.05) is 0 Å². The van der Waals surface area contributed by atoms with Gasteiger partial charge >= 0.3 is 0 Å². The molecule has 2 N–H and O–H groups in total. The predicted molar refractivity (Wildman–Crippen MR) is 57.3 cm³/mol. The average molecular weight is 201 g/mol. The summed E-state index contributed by atoms with van der Waals surface area (Å²) in [5, 5.41) is 13.1. The normalized spacial score (nSPS) is 27.2. The second-order valence-electron chi connectivity index (χ2n) is 4.28. The van der Waals surface area contributed by atoms with Crippen molar-refractivity contribution in [3.05, 3.63) is 0 Å². The van der Waals surface area contributed by atoms with E-state index in [4.69, 9.17) is 4.74 Å². The fourth-order valence-electron chi connectivity index (χ4n) is 1.66. The maximum Gasteiger partial charge on any atom is 0.0690 e. The minimum absolute atomic E-state index is 0.220. The lowest BCUT2D eigenvalue weighted by Gasteiger charge is -2.26. The van der Waals surface area contributed by atoms with Gasteiger partial charge in [0.15, 0.2) is 0 Å². The lowest BCUT2D eigenvalue weighted by Crippen LogP contribution is -2.42. The summed E-state index contributed by atoms with van der Waals surface area (Å²) in [7, 11) is 0. The Kier molecular flexibility index (Phi) is 5.45. The first-order chi connectivity index (χ1) is 6.74. The first kappa shape index (κ1) is 12.0. The number of ether oxygens (including phenoxy) is 1. The summed E-state index contributed by atoms with van der Waals surface area (Å²) < 4.78 is 5.36. The van der Waals surface area contributed by atoms with E-state index in [9.17, 15) is 5.11 Å². The molecule has 84 valence electrons. The third kappa shape index (κ3) is 3.95. The number of hydrogen-bond acceptors (Lipinski definition) is 3. The largest absolute Gasteiger partial charge is 0.392 e. The smallest absolute Gasteiger partial charge is 0.0690 e. The number of rotatable bonds is 5. The van der Waals surface area contributed by atoms with Crippen LogP contribution in [0.25, 0.3) is 0 Å². The summed E-state index contributed by atoms with van der Waals surface area (Å²) in [4.78, 5) is 0. The van der Waals surface area contributed by atoms with Gasteiger partial charge in [0.2, 0.25) is 0 Å². The van der Waals surface area contributed by atoms with E-state index in [-0.39, 0.29) is 6.10 Å². The van der Waals surface area contributed by atoms with Gasteiger partial charge in [-0.25, -0.2) is 0 Å². The molecule has 1 fully saturated rings. The molecule has 3 heteroatoms. The van der Waals surface area contributed by atoms with Gasteiger partial charge in [-0.3, -0.25) is 0 Å². The van der Waals surface area contributed by atoms with E-state index >= 15 is 0 Å². The van der Waals surface area contributed by atoms with Crippen molar-refractivity contribution in [2.75, 3.05) is 19.8 Å². The van der Waals surface area contributed by atoms with Crippen LogP contribution in [0, 0.1) is 5.92 Å². The number of aliphatic hydroxyl groups excluding tert-OH is 1. The van der Waals surface area contributed by atoms with Crippen molar-refractivity contribution in [1.29, 1.82) is 0 Å². The van der Waals surface area contributed by atoms with Crippen LogP contribution >= 0.6 is 0 Å². The Morgan fingerprint density at radius 1 is 1.57 bits per heavy atom. The molecule has 0 radical (unpaired) electrons. The molecular formula is C11H23NO2. The van der Waals surface area contributed by atoms with Crippen LogP contribution in [-0.2, 0) is 4.74 Å². The van der Waals surface area contributed by atoms with E-state index in [1.54, 1.807) is 0 Å². The summed E-state index contributed by atoms with van der Waals surface area (Å²) in [6.07, 6.45) is 3.12. The molecule has 1 aliphatic heterocycles. The topological polar surface area (TPSA) is 41.5 Å². The lowest BCUT2D eigenvalue weighted by molar-refractivity contribution is 0.0569. The molecule has 0 spiro atoms. The predicted octanol–water partition coefficient (Wildman–Crippen LogP) is 1.16. The molecule has 0 bridgehead atoms. The Bertz CT molecular complexity index is 144. The van der Waals surface area contributed by atoms with Crippen molar-refractivity contribution < 1.29 is 9.84 Å². The lowest BCUT2D eigenvalue weighted by atomic mass is 10.0. The summed E-state index contributed by atoms with van der Waals surface area (Å²) in [5.74, 6) is 0.381. The zero-order valence-electron chi connectivity index (χ0n) is 9.33. The van der Waals surface area contributed by atoms with Gasteiger partial charge in [-0.05, 0) is 18.8 Å². The summed E-state index contributed by atoms with van der Waals surface area (Å²) in [5.41, 5.74) is 0. The molecule has 0 aromatic heterocycles. The quantitative estimate of drug-likeness (QED) is 0.701. The van der Waals surface area contributed by atoms with Crippen molar-refractivity contribution in [2.24, 2.45) is 5.92 Å². The molecule has 1 heterocycles. The van der Waals surface area contributed by atoms with Gasteiger partial charge in [-0.1, -0.05) is 20.3 Å². The zero-order valence-corrected chi connectivity index (χ0v) is 9.33. The van der Waals surface area contributed by atoms with Gasteiger partial charge < -0.3 is 15.2 Å². The fourth-order valence-corrected chi connectivity index (χ4v) is 1.66. The van der Waals surface area contributed by atoms with Gasteiger partial charge in [-0.15, -0.1) is 0 Å². The average Bonchev–Trinajstić information content (AvgIpc) is 2.26. The molecule has 0 aromatic rings. The van der Waals surface area contributed by atoms with Crippen molar-refractivity contribution in [2.45, 2.75) is 45.3 Å². The van der Waals surface area contributed by atoms with Crippen molar-refractivity contribution in [1.82, 2.24) is 5.32 Å². The van der Waals surface area contributed by atoms with Crippen LogP contribution in [0.3, 0.4) is 0 Å². The van der Waals surface area contributed by atoms with E-state index < -0.39 is 0 Å². The molecule has 1 saturated heterocycles.